The van der Waals surface area contributed by atoms with Gasteiger partial charge in [-0.25, -0.2) is 0 Å². The Labute approximate surface area is 211 Å². The highest BCUT2D eigenvalue weighted by Gasteiger charge is 2.13. The van der Waals surface area contributed by atoms with Crippen molar-refractivity contribution in [2.45, 2.75) is 19.5 Å². The van der Waals surface area contributed by atoms with Crippen molar-refractivity contribution in [1.82, 2.24) is 20.5 Å². The van der Waals surface area contributed by atoms with Crippen LogP contribution in [0.2, 0.25) is 5.02 Å². The number of ether oxygens (including phenoxy) is 1. The molecule has 0 spiro atoms. The number of guanidine groups is 1. The van der Waals surface area contributed by atoms with Crippen LogP contribution in [0, 0.1) is 0 Å². The van der Waals surface area contributed by atoms with E-state index >= 15 is 0 Å². The summed E-state index contributed by atoms with van der Waals surface area (Å²) in [6.45, 7) is 6.10. The van der Waals surface area contributed by atoms with Crippen molar-refractivity contribution in [3.05, 3.63) is 70.4 Å². The van der Waals surface area contributed by atoms with Crippen LogP contribution in [0.25, 0.3) is 10.9 Å². The average molecular weight is 568 g/mol. The molecular formula is C24H31ClIN5O. The molecule has 8 heteroatoms. The third-order valence-electron chi connectivity index (χ3n) is 5.70. The van der Waals surface area contributed by atoms with Crippen LogP contribution in [-0.2, 0) is 24.2 Å². The molecule has 32 heavy (non-hydrogen) atoms. The molecule has 0 radical (unpaired) electrons. The van der Waals surface area contributed by atoms with E-state index in [1.807, 2.05) is 18.2 Å². The molecule has 1 aromatic heterocycles. The van der Waals surface area contributed by atoms with Gasteiger partial charge in [0.1, 0.15) is 0 Å². The van der Waals surface area contributed by atoms with Crippen LogP contribution in [0.3, 0.4) is 0 Å². The van der Waals surface area contributed by atoms with E-state index in [1.54, 1.807) is 7.05 Å². The fraction of sp³-hybridized carbons (Fsp3) is 0.375. The van der Waals surface area contributed by atoms with E-state index in [-0.39, 0.29) is 24.0 Å². The van der Waals surface area contributed by atoms with Crippen molar-refractivity contribution < 1.29 is 4.74 Å². The van der Waals surface area contributed by atoms with Crippen LogP contribution in [0.4, 0.5) is 0 Å². The van der Waals surface area contributed by atoms with Crippen LogP contribution in [0.1, 0.15) is 16.7 Å². The minimum Gasteiger partial charge on any atom is -0.379 e. The van der Waals surface area contributed by atoms with Gasteiger partial charge in [0.05, 0.1) is 13.2 Å². The molecule has 1 fully saturated rings. The molecule has 2 aromatic carbocycles. The molecule has 0 atom stereocenters. The maximum absolute atomic E-state index is 6.16. The summed E-state index contributed by atoms with van der Waals surface area (Å²) in [6.07, 6.45) is 2.94. The van der Waals surface area contributed by atoms with E-state index in [2.05, 4.69) is 56.0 Å². The predicted octanol–water partition coefficient (Wildman–Crippen LogP) is 4.18. The minimum atomic E-state index is 0. The molecule has 0 saturated carbocycles. The quantitative estimate of drug-likeness (QED) is 0.228. The number of aromatic amines is 1. The zero-order valence-corrected chi connectivity index (χ0v) is 21.5. The highest BCUT2D eigenvalue weighted by atomic mass is 127. The van der Waals surface area contributed by atoms with Crippen LogP contribution in [-0.4, -0.2) is 55.7 Å². The lowest BCUT2D eigenvalue weighted by Crippen LogP contribution is -2.38. The molecule has 0 amide bonds. The van der Waals surface area contributed by atoms with Crippen LogP contribution < -0.4 is 10.6 Å². The lowest BCUT2D eigenvalue weighted by Gasteiger charge is -2.27. The lowest BCUT2D eigenvalue weighted by atomic mass is 10.1. The minimum absolute atomic E-state index is 0. The standard InChI is InChI=1S/C24H30ClN5O.HI/c1-26-24(27-9-8-19-16-28-23-7-6-21(25)14-22(19)23)29-15-18-4-2-3-5-20(18)17-30-10-12-31-13-11-30;/h2-7,14,16,28H,8-13,15,17H2,1H3,(H2,26,27,29);1H. The van der Waals surface area contributed by atoms with Crippen LogP contribution in [0.15, 0.2) is 53.7 Å². The van der Waals surface area contributed by atoms with Crippen molar-refractivity contribution in [2.75, 3.05) is 39.9 Å². The Kier molecular flexibility index (Phi) is 9.65. The zero-order valence-electron chi connectivity index (χ0n) is 18.4. The van der Waals surface area contributed by atoms with Crippen molar-refractivity contribution in [3.63, 3.8) is 0 Å². The van der Waals surface area contributed by atoms with Gasteiger partial charge in [-0.05, 0) is 41.3 Å². The normalized spacial score (nSPS) is 14.9. The molecule has 4 rings (SSSR count). The Morgan fingerprint density at radius 3 is 2.66 bits per heavy atom. The lowest BCUT2D eigenvalue weighted by molar-refractivity contribution is 0.0341. The summed E-state index contributed by atoms with van der Waals surface area (Å²) in [4.78, 5) is 10.1. The molecule has 3 N–H and O–H groups in total. The highest BCUT2D eigenvalue weighted by Crippen LogP contribution is 2.22. The Morgan fingerprint density at radius 2 is 1.88 bits per heavy atom. The third-order valence-corrected chi connectivity index (χ3v) is 5.94. The van der Waals surface area contributed by atoms with Gasteiger partial charge < -0.3 is 20.4 Å². The number of benzene rings is 2. The van der Waals surface area contributed by atoms with Gasteiger partial charge in [-0.2, -0.15) is 0 Å². The summed E-state index contributed by atoms with van der Waals surface area (Å²) < 4.78 is 5.47. The second kappa shape index (κ2) is 12.4. The van der Waals surface area contributed by atoms with Crippen LogP contribution >= 0.6 is 35.6 Å². The average Bonchev–Trinajstić information content (AvgIpc) is 3.19. The number of morpholine rings is 1. The molecule has 0 aliphatic carbocycles. The summed E-state index contributed by atoms with van der Waals surface area (Å²) in [5.74, 6) is 0.805. The first kappa shape index (κ1) is 24.8. The van der Waals surface area contributed by atoms with Gasteiger partial charge in [-0.15, -0.1) is 24.0 Å². The van der Waals surface area contributed by atoms with Crippen molar-refractivity contribution >= 4 is 52.4 Å². The maximum atomic E-state index is 6.16. The van der Waals surface area contributed by atoms with E-state index in [9.17, 15) is 0 Å². The first-order chi connectivity index (χ1) is 15.2. The Bertz CT molecular complexity index is 1030. The fourth-order valence-corrected chi connectivity index (χ4v) is 4.13. The van der Waals surface area contributed by atoms with Crippen molar-refractivity contribution in [3.8, 4) is 0 Å². The predicted molar refractivity (Wildman–Crippen MR) is 143 cm³/mol. The number of hydrogen-bond acceptors (Lipinski definition) is 3. The SMILES string of the molecule is CN=C(NCCc1c[nH]c2ccc(Cl)cc12)NCc1ccccc1CN1CCOCC1.I. The Hall–Kier alpha value is -1.81. The van der Waals surface area contributed by atoms with Gasteiger partial charge in [-0.3, -0.25) is 9.89 Å². The summed E-state index contributed by atoms with van der Waals surface area (Å²) in [6, 6.07) is 14.5. The van der Waals surface area contributed by atoms with Crippen molar-refractivity contribution in [1.29, 1.82) is 0 Å². The van der Waals surface area contributed by atoms with Gasteiger partial charge in [0.15, 0.2) is 5.96 Å². The monoisotopic (exact) mass is 567 g/mol. The molecule has 0 unspecified atom stereocenters. The van der Waals surface area contributed by atoms with Gasteiger partial charge in [-0.1, -0.05) is 35.9 Å². The second-order valence-electron chi connectivity index (χ2n) is 7.76. The van der Waals surface area contributed by atoms with E-state index in [0.29, 0.717) is 0 Å². The number of rotatable bonds is 7. The van der Waals surface area contributed by atoms with Gasteiger partial charge >= 0.3 is 0 Å². The van der Waals surface area contributed by atoms with Gasteiger partial charge in [0, 0.05) is 61.9 Å². The molecule has 2 heterocycles. The second-order valence-corrected chi connectivity index (χ2v) is 8.20. The molecule has 1 aliphatic rings. The highest BCUT2D eigenvalue weighted by molar-refractivity contribution is 14.0. The third kappa shape index (κ3) is 6.60. The number of fused-ring (bicyclic) bond motifs is 1. The fourth-order valence-electron chi connectivity index (χ4n) is 3.96. The number of aliphatic imine (C=N–C) groups is 1. The summed E-state index contributed by atoms with van der Waals surface area (Å²) >= 11 is 6.16. The first-order valence-electron chi connectivity index (χ1n) is 10.8. The number of aromatic nitrogens is 1. The summed E-state index contributed by atoms with van der Waals surface area (Å²) in [7, 11) is 1.81. The Morgan fingerprint density at radius 1 is 1.09 bits per heavy atom. The zero-order chi connectivity index (χ0) is 21.5. The molecule has 172 valence electrons. The van der Waals surface area contributed by atoms with Gasteiger partial charge in [0.2, 0.25) is 0 Å². The largest absolute Gasteiger partial charge is 0.379 e. The summed E-state index contributed by atoms with van der Waals surface area (Å²) in [5.41, 5.74) is 5.00. The maximum Gasteiger partial charge on any atom is 0.191 e. The molecule has 3 aromatic rings. The number of nitrogens with zero attached hydrogens (tertiary/aromatic N) is 2. The smallest absolute Gasteiger partial charge is 0.191 e. The van der Waals surface area contributed by atoms with Gasteiger partial charge in [0.25, 0.3) is 0 Å². The van der Waals surface area contributed by atoms with E-state index in [1.165, 1.54) is 22.1 Å². The number of H-pyrrole nitrogens is 1. The van der Waals surface area contributed by atoms with E-state index in [0.717, 1.165) is 68.9 Å². The van der Waals surface area contributed by atoms with Crippen molar-refractivity contribution in [2.24, 2.45) is 4.99 Å². The molecule has 1 aliphatic heterocycles. The number of nitrogens with one attached hydrogen (secondary N) is 3. The van der Waals surface area contributed by atoms with E-state index in [4.69, 9.17) is 16.3 Å². The molecular weight excluding hydrogens is 537 g/mol. The molecule has 1 saturated heterocycles. The van der Waals surface area contributed by atoms with Crippen LogP contribution in [0.5, 0.6) is 0 Å². The number of hydrogen-bond donors (Lipinski definition) is 3. The first-order valence-corrected chi connectivity index (χ1v) is 11.2. The number of halogens is 2. The summed E-state index contributed by atoms with van der Waals surface area (Å²) in [5, 5.41) is 8.81. The van der Waals surface area contributed by atoms with E-state index < -0.39 is 0 Å². The topological polar surface area (TPSA) is 64.7 Å². The molecule has 6 nitrogen and oxygen atoms in total. The Balaban J connectivity index is 0.00000289. The molecule has 0 bridgehead atoms.